The third-order valence-electron chi connectivity index (χ3n) is 5.75. The van der Waals surface area contributed by atoms with E-state index < -0.39 is 17.9 Å². The quantitative estimate of drug-likeness (QED) is 0.488. The fourth-order valence-corrected chi connectivity index (χ4v) is 4.28. The fourth-order valence-electron chi connectivity index (χ4n) is 4.00. The maximum atomic E-state index is 13.0. The van der Waals surface area contributed by atoms with Gasteiger partial charge in [0.15, 0.2) is 11.5 Å². The first-order chi connectivity index (χ1) is 16.3. The molecular weight excluding hydrogens is 458 g/mol. The topological polar surface area (TPSA) is 101 Å². The number of methoxy groups -OCH3 is 2. The monoisotopic (exact) mass is 481 g/mol. The van der Waals surface area contributed by atoms with Crippen molar-refractivity contribution in [3.8, 4) is 11.5 Å². The van der Waals surface area contributed by atoms with Crippen LogP contribution in [0.5, 0.6) is 11.5 Å². The molecule has 0 aliphatic carbocycles. The molecule has 0 unspecified atom stereocenters. The molecule has 1 aliphatic rings. The van der Waals surface area contributed by atoms with Crippen LogP contribution in [0.2, 0.25) is 5.15 Å². The second-order valence-corrected chi connectivity index (χ2v) is 8.39. The van der Waals surface area contributed by atoms with Crippen LogP contribution in [-0.4, -0.2) is 46.9 Å². The summed E-state index contributed by atoms with van der Waals surface area (Å²) >= 11 is 6.58. The van der Waals surface area contributed by atoms with Gasteiger partial charge in [0.1, 0.15) is 5.15 Å². The molecule has 1 N–H and O–H groups in total. The summed E-state index contributed by atoms with van der Waals surface area (Å²) in [6, 6.07) is 12.7. The van der Waals surface area contributed by atoms with Gasteiger partial charge in [0, 0.05) is 29.4 Å². The molecule has 176 valence electrons. The number of aromatic nitrogens is 1. The first-order valence-electron chi connectivity index (χ1n) is 10.7. The van der Waals surface area contributed by atoms with Crippen molar-refractivity contribution in [2.24, 2.45) is 5.10 Å². The van der Waals surface area contributed by atoms with Crippen LogP contribution in [-0.2, 0) is 9.59 Å². The predicted octanol–water partition coefficient (Wildman–Crippen LogP) is 4.76. The van der Waals surface area contributed by atoms with Gasteiger partial charge in [-0.05, 0) is 42.8 Å². The van der Waals surface area contributed by atoms with Crippen LogP contribution < -0.4 is 9.47 Å². The minimum atomic E-state index is -1.05. The van der Waals surface area contributed by atoms with Crippen molar-refractivity contribution in [1.29, 1.82) is 0 Å². The SMILES string of the molecule is COc1ccc(C2=NN(C(=O)CCC(=O)O)[C@H](c3cc4ccc(C)cc4nc3Cl)C2)cc1OC. The van der Waals surface area contributed by atoms with Gasteiger partial charge in [-0.2, -0.15) is 5.10 Å². The smallest absolute Gasteiger partial charge is 0.303 e. The Bertz CT molecular complexity index is 1310. The van der Waals surface area contributed by atoms with Crippen LogP contribution in [0.25, 0.3) is 10.9 Å². The summed E-state index contributed by atoms with van der Waals surface area (Å²) in [4.78, 5) is 28.6. The summed E-state index contributed by atoms with van der Waals surface area (Å²) in [6.45, 7) is 1.98. The van der Waals surface area contributed by atoms with Crippen LogP contribution in [0.1, 0.15) is 42.0 Å². The highest BCUT2D eigenvalue weighted by molar-refractivity contribution is 6.30. The second kappa shape index (κ2) is 9.69. The summed E-state index contributed by atoms with van der Waals surface area (Å²) in [5.74, 6) is -0.333. The summed E-state index contributed by atoms with van der Waals surface area (Å²) < 4.78 is 10.7. The number of hydrogen-bond acceptors (Lipinski definition) is 6. The van der Waals surface area contributed by atoms with E-state index in [1.165, 1.54) is 5.01 Å². The molecule has 0 bridgehead atoms. The van der Waals surface area contributed by atoms with Crippen molar-refractivity contribution >= 4 is 40.1 Å². The van der Waals surface area contributed by atoms with E-state index >= 15 is 0 Å². The molecule has 0 fully saturated rings. The molecule has 0 saturated carbocycles. The molecule has 9 heteroatoms. The van der Waals surface area contributed by atoms with E-state index in [4.69, 9.17) is 26.2 Å². The first kappa shape index (κ1) is 23.5. The van der Waals surface area contributed by atoms with Gasteiger partial charge in [-0.1, -0.05) is 23.7 Å². The highest BCUT2D eigenvalue weighted by atomic mass is 35.5. The Balaban J connectivity index is 1.75. The number of ether oxygens (including phenoxy) is 2. The molecule has 1 aliphatic heterocycles. The second-order valence-electron chi connectivity index (χ2n) is 8.03. The molecule has 2 heterocycles. The Morgan fingerprint density at radius 1 is 1.09 bits per heavy atom. The maximum absolute atomic E-state index is 13.0. The molecule has 34 heavy (non-hydrogen) atoms. The Morgan fingerprint density at radius 2 is 1.85 bits per heavy atom. The molecule has 0 radical (unpaired) electrons. The highest BCUT2D eigenvalue weighted by Gasteiger charge is 2.35. The molecule has 1 amide bonds. The van der Waals surface area contributed by atoms with E-state index in [0.29, 0.717) is 29.2 Å². The van der Waals surface area contributed by atoms with Gasteiger partial charge in [-0.25, -0.2) is 9.99 Å². The number of pyridine rings is 1. The molecule has 4 rings (SSSR count). The van der Waals surface area contributed by atoms with Gasteiger partial charge >= 0.3 is 5.97 Å². The lowest BCUT2D eigenvalue weighted by atomic mass is 9.97. The number of carboxylic acids is 1. The summed E-state index contributed by atoms with van der Waals surface area (Å²) in [7, 11) is 3.10. The number of halogens is 1. The number of carboxylic acid groups (broad SMARTS) is 1. The molecule has 2 aromatic carbocycles. The van der Waals surface area contributed by atoms with Crippen LogP contribution in [0.3, 0.4) is 0 Å². The number of fused-ring (bicyclic) bond motifs is 1. The third kappa shape index (κ3) is 4.68. The summed E-state index contributed by atoms with van der Waals surface area (Å²) in [5.41, 5.74) is 3.89. The average Bonchev–Trinajstić information content (AvgIpc) is 3.26. The van der Waals surface area contributed by atoms with Crippen LogP contribution in [0.4, 0.5) is 0 Å². The van der Waals surface area contributed by atoms with Gasteiger partial charge < -0.3 is 14.6 Å². The molecule has 3 aromatic rings. The normalized spacial score (nSPS) is 15.4. The number of aryl methyl sites for hydroxylation is 1. The molecule has 1 aromatic heterocycles. The lowest BCUT2D eigenvalue weighted by Crippen LogP contribution is -2.27. The van der Waals surface area contributed by atoms with E-state index in [1.807, 2.05) is 37.3 Å². The van der Waals surface area contributed by atoms with Crippen molar-refractivity contribution in [2.75, 3.05) is 14.2 Å². The first-order valence-corrected chi connectivity index (χ1v) is 11.1. The predicted molar refractivity (Wildman–Crippen MR) is 129 cm³/mol. The molecule has 1 atom stereocenters. The number of rotatable bonds is 7. The Labute approximate surface area is 201 Å². The van der Waals surface area contributed by atoms with E-state index in [9.17, 15) is 9.59 Å². The van der Waals surface area contributed by atoms with Crippen LogP contribution >= 0.6 is 11.6 Å². The molecule has 0 spiro atoms. The van der Waals surface area contributed by atoms with Gasteiger partial charge in [-0.15, -0.1) is 0 Å². The van der Waals surface area contributed by atoms with E-state index in [2.05, 4.69) is 10.1 Å². The van der Waals surface area contributed by atoms with Crippen molar-refractivity contribution in [3.05, 3.63) is 64.3 Å². The van der Waals surface area contributed by atoms with Crippen molar-refractivity contribution in [2.45, 2.75) is 32.2 Å². The molecular formula is C25H24ClN3O5. The van der Waals surface area contributed by atoms with Gasteiger partial charge in [0.25, 0.3) is 0 Å². The lowest BCUT2D eigenvalue weighted by molar-refractivity contribution is -0.141. The zero-order valence-corrected chi connectivity index (χ0v) is 19.8. The Morgan fingerprint density at radius 3 is 2.56 bits per heavy atom. The minimum absolute atomic E-state index is 0.174. The van der Waals surface area contributed by atoms with Gasteiger partial charge in [0.2, 0.25) is 5.91 Å². The Hall–Kier alpha value is -3.65. The Kier molecular flexibility index (Phi) is 6.70. The maximum Gasteiger partial charge on any atom is 0.303 e. The van der Waals surface area contributed by atoms with E-state index in [1.54, 1.807) is 26.4 Å². The zero-order chi connectivity index (χ0) is 24.4. The number of nitrogens with zero attached hydrogens (tertiary/aromatic N) is 3. The van der Waals surface area contributed by atoms with E-state index in [0.717, 1.165) is 22.0 Å². The lowest BCUT2D eigenvalue weighted by Gasteiger charge is -2.23. The third-order valence-corrected chi connectivity index (χ3v) is 6.05. The van der Waals surface area contributed by atoms with Gasteiger partial charge in [0.05, 0.1) is 37.9 Å². The van der Waals surface area contributed by atoms with Crippen LogP contribution in [0.15, 0.2) is 47.6 Å². The number of aliphatic carboxylic acids is 1. The summed E-state index contributed by atoms with van der Waals surface area (Å²) in [5, 5.41) is 16.1. The van der Waals surface area contributed by atoms with Crippen molar-refractivity contribution in [1.82, 2.24) is 9.99 Å². The summed E-state index contributed by atoms with van der Waals surface area (Å²) in [6.07, 6.45) is -0.0777. The van der Waals surface area contributed by atoms with E-state index in [-0.39, 0.29) is 18.0 Å². The van der Waals surface area contributed by atoms with Crippen molar-refractivity contribution < 1.29 is 24.2 Å². The highest BCUT2D eigenvalue weighted by Crippen LogP contribution is 2.39. The minimum Gasteiger partial charge on any atom is -0.493 e. The fraction of sp³-hybridized carbons (Fsp3) is 0.280. The average molecular weight is 482 g/mol. The zero-order valence-electron chi connectivity index (χ0n) is 19.0. The number of carbonyl (C=O) groups excluding carboxylic acids is 1. The van der Waals surface area contributed by atoms with Crippen molar-refractivity contribution in [3.63, 3.8) is 0 Å². The molecule has 0 saturated heterocycles. The van der Waals surface area contributed by atoms with Crippen LogP contribution in [0, 0.1) is 6.92 Å². The standard InChI is InChI=1S/C25H24ClN3O5/c1-14-4-5-15-11-17(25(26)27-18(15)10-14)20-13-19(28-29(20)23(30)8-9-24(31)32)16-6-7-21(33-2)22(12-16)34-3/h4-7,10-12,20H,8-9,13H2,1-3H3,(H,31,32)/t20-/m0/s1. The number of amides is 1. The number of hydrogen-bond donors (Lipinski definition) is 1. The number of hydrazone groups is 1. The number of benzene rings is 2. The van der Waals surface area contributed by atoms with Gasteiger partial charge in [-0.3, -0.25) is 9.59 Å². The molecule has 8 nitrogen and oxygen atoms in total. The number of carbonyl (C=O) groups is 2. The largest absolute Gasteiger partial charge is 0.493 e.